The Morgan fingerprint density at radius 2 is 1.03 bits per heavy atom. The number of carbonyl (C=O) groups is 4. The van der Waals surface area contributed by atoms with Crippen molar-refractivity contribution in [3.63, 3.8) is 0 Å². The number of halogens is 2. The quantitative estimate of drug-likeness (QED) is 0.266. The Balaban J connectivity index is 1.53. The second-order valence-corrected chi connectivity index (χ2v) is 7.36. The number of hydrogen-bond acceptors (Lipinski definition) is 4. The van der Waals surface area contributed by atoms with Gasteiger partial charge in [-0.3, -0.25) is 20.4 Å². The van der Waals surface area contributed by atoms with Crippen molar-refractivity contribution in [1.29, 1.82) is 0 Å². The van der Waals surface area contributed by atoms with Crippen LogP contribution in [0.4, 0.5) is 21.0 Å². The standard InChI is InChI=1S/C20H22Cl2N6O4/c21-13-5-3-7-15(11-13)23-19(31)27-25-17(29)9-1-2-10-18(30)26-28-20(32)24-16-8-4-6-14(22)12-16/h3-8,11-12H,1-2,9-10H2,(H,25,29)(H,26,30)(H2,23,27,31)(H2,24,28,32). The normalized spacial score (nSPS) is 9.94. The van der Waals surface area contributed by atoms with Gasteiger partial charge in [0, 0.05) is 34.3 Å². The van der Waals surface area contributed by atoms with Crippen molar-refractivity contribution < 1.29 is 19.2 Å². The summed E-state index contributed by atoms with van der Waals surface area (Å²) in [7, 11) is 0. The van der Waals surface area contributed by atoms with Crippen LogP contribution in [0.15, 0.2) is 48.5 Å². The maximum Gasteiger partial charge on any atom is 0.337 e. The number of urea groups is 2. The minimum absolute atomic E-state index is 0.105. The molecular weight excluding hydrogens is 459 g/mol. The van der Waals surface area contributed by atoms with E-state index >= 15 is 0 Å². The topological polar surface area (TPSA) is 140 Å². The Kier molecular flexibility index (Phi) is 10.1. The van der Waals surface area contributed by atoms with Crippen LogP contribution < -0.4 is 32.3 Å². The molecule has 2 rings (SSSR count). The summed E-state index contributed by atoms with van der Waals surface area (Å²) in [5.41, 5.74) is 9.92. The number of hydrogen-bond donors (Lipinski definition) is 6. The van der Waals surface area contributed by atoms with Crippen LogP contribution in [0.5, 0.6) is 0 Å². The Labute approximate surface area is 194 Å². The molecule has 32 heavy (non-hydrogen) atoms. The van der Waals surface area contributed by atoms with Gasteiger partial charge in [0.25, 0.3) is 0 Å². The lowest BCUT2D eigenvalue weighted by Gasteiger charge is -2.10. The number of nitrogens with one attached hydrogen (secondary N) is 6. The average Bonchev–Trinajstić information content (AvgIpc) is 2.74. The van der Waals surface area contributed by atoms with Crippen LogP contribution in [0, 0.1) is 0 Å². The molecule has 2 aromatic carbocycles. The molecule has 0 heterocycles. The van der Waals surface area contributed by atoms with E-state index in [-0.39, 0.29) is 12.8 Å². The second-order valence-electron chi connectivity index (χ2n) is 6.48. The Morgan fingerprint density at radius 3 is 1.41 bits per heavy atom. The molecule has 0 unspecified atom stereocenters. The summed E-state index contributed by atoms with van der Waals surface area (Å²) >= 11 is 11.6. The van der Waals surface area contributed by atoms with E-state index in [9.17, 15) is 19.2 Å². The van der Waals surface area contributed by atoms with E-state index in [1.165, 1.54) is 0 Å². The predicted molar refractivity (Wildman–Crippen MR) is 122 cm³/mol. The van der Waals surface area contributed by atoms with Gasteiger partial charge >= 0.3 is 12.1 Å². The first-order valence-electron chi connectivity index (χ1n) is 9.54. The summed E-state index contributed by atoms with van der Waals surface area (Å²) in [6.07, 6.45) is 1.03. The van der Waals surface area contributed by atoms with Gasteiger partial charge in [-0.1, -0.05) is 35.3 Å². The summed E-state index contributed by atoms with van der Waals surface area (Å²) in [6, 6.07) is 11.8. The SMILES string of the molecule is O=C(CCCCC(=O)NNC(=O)Nc1cccc(Cl)c1)NNC(=O)Nc1cccc(Cl)c1. The second kappa shape index (κ2) is 13.0. The fraction of sp³-hybridized carbons (Fsp3) is 0.200. The monoisotopic (exact) mass is 480 g/mol. The number of rotatable bonds is 7. The Morgan fingerprint density at radius 1 is 0.625 bits per heavy atom. The largest absolute Gasteiger partial charge is 0.337 e. The zero-order valence-electron chi connectivity index (χ0n) is 16.8. The molecule has 12 heteroatoms. The summed E-state index contributed by atoms with van der Waals surface area (Å²) in [5.74, 6) is -0.823. The molecular formula is C20H22Cl2N6O4. The van der Waals surface area contributed by atoms with Crippen LogP contribution in [-0.4, -0.2) is 23.9 Å². The van der Waals surface area contributed by atoms with Gasteiger partial charge in [-0.15, -0.1) is 0 Å². The number of amides is 6. The third-order valence-corrected chi connectivity index (χ3v) is 4.32. The van der Waals surface area contributed by atoms with E-state index in [4.69, 9.17) is 23.2 Å². The minimum atomic E-state index is -0.623. The highest BCUT2D eigenvalue weighted by atomic mass is 35.5. The summed E-state index contributed by atoms with van der Waals surface area (Å²) in [4.78, 5) is 47.0. The molecule has 10 nitrogen and oxygen atoms in total. The van der Waals surface area contributed by atoms with Crippen molar-refractivity contribution in [2.75, 3.05) is 10.6 Å². The van der Waals surface area contributed by atoms with Gasteiger partial charge in [-0.05, 0) is 49.2 Å². The fourth-order valence-electron chi connectivity index (χ4n) is 2.41. The maximum atomic E-state index is 11.8. The van der Waals surface area contributed by atoms with Crippen LogP contribution in [0.1, 0.15) is 25.7 Å². The van der Waals surface area contributed by atoms with Crippen LogP contribution in [0.3, 0.4) is 0 Å². The molecule has 0 aliphatic rings. The predicted octanol–water partition coefficient (Wildman–Crippen LogP) is 3.56. The van der Waals surface area contributed by atoms with Gasteiger partial charge in [0.1, 0.15) is 0 Å². The van der Waals surface area contributed by atoms with Crippen molar-refractivity contribution >= 4 is 58.5 Å². The van der Waals surface area contributed by atoms with E-state index in [0.29, 0.717) is 34.3 Å². The molecule has 170 valence electrons. The lowest BCUT2D eigenvalue weighted by atomic mass is 10.2. The molecule has 0 spiro atoms. The zero-order valence-corrected chi connectivity index (χ0v) is 18.3. The third kappa shape index (κ3) is 10.0. The number of anilines is 2. The summed E-state index contributed by atoms with van der Waals surface area (Å²) in [5, 5.41) is 5.96. The molecule has 0 bridgehead atoms. The zero-order chi connectivity index (χ0) is 23.3. The average molecular weight is 481 g/mol. The molecule has 0 fully saturated rings. The summed E-state index contributed by atoms with van der Waals surface area (Å²) < 4.78 is 0. The lowest BCUT2D eigenvalue weighted by molar-refractivity contribution is -0.123. The Hall–Kier alpha value is -3.50. The molecule has 0 saturated carbocycles. The van der Waals surface area contributed by atoms with Crippen LogP contribution in [0.2, 0.25) is 10.0 Å². The van der Waals surface area contributed by atoms with Crippen molar-refractivity contribution in [3.8, 4) is 0 Å². The van der Waals surface area contributed by atoms with E-state index in [2.05, 4.69) is 32.3 Å². The molecule has 2 aromatic rings. The first kappa shape index (κ1) is 24.8. The third-order valence-electron chi connectivity index (χ3n) is 3.85. The van der Waals surface area contributed by atoms with Gasteiger partial charge in [0.15, 0.2) is 0 Å². The highest BCUT2D eigenvalue weighted by Gasteiger charge is 2.08. The van der Waals surface area contributed by atoms with Crippen LogP contribution in [-0.2, 0) is 9.59 Å². The highest BCUT2D eigenvalue weighted by molar-refractivity contribution is 6.31. The molecule has 0 saturated heterocycles. The summed E-state index contributed by atoms with van der Waals surface area (Å²) in [6.45, 7) is 0. The lowest BCUT2D eigenvalue weighted by Crippen LogP contribution is -2.44. The molecule has 6 N–H and O–H groups in total. The number of unbranched alkanes of at least 4 members (excludes halogenated alkanes) is 1. The van der Waals surface area contributed by atoms with Crippen molar-refractivity contribution in [3.05, 3.63) is 58.6 Å². The van der Waals surface area contributed by atoms with Gasteiger partial charge in [0.2, 0.25) is 11.8 Å². The Bertz CT molecular complexity index is 895. The van der Waals surface area contributed by atoms with Gasteiger partial charge < -0.3 is 10.6 Å². The molecule has 0 aliphatic carbocycles. The maximum absolute atomic E-state index is 11.8. The van der Waals surface area contributed by atoms with Gasteiger partial charge in [0.05, 0.1) is 0 Å². The van der Waals surface area contributed by atoms with Crippen molar-refractivity contribution in [2.24, 2.45) is 0 Å². The van der Waals surface area contributed by atoms with Crippen molar-refractivity contribution in [1.82, 2.24) is 21.7 Å². The highest BCUT2D eigenvalue weighted by Crippen LogP contribution is 2.15. The van der Waals surface area contributed by atoms with E-state index in [0.717, 1.165) is 0 Å². The van der Waals surface area contributed by atoms with Crippen molar-refractivity contribution in [2.45, 2.75) is 25.7 Å². The molecule has 0 radical (unpaired) electrons. The van der Waals surface area contributed by atoms with Crippen LogP contribution >= 0.6 is 23.2 Å². The first-order valence-corrected chi connectivity index (χ1v) is 10.3. The number of benzene rings is 2. The smallest absolute Gasteiger partial charge is 0.307 e. The fourth-order valence-corrected chi connectivity index (χ4v) is 2.79. The molecule has 6 amide bonds. The molecule has 0 aromatic heterocycles. The van der Waals surface area contributed by atoms with E-state index < -0.39 is 23.9 Å². The molecule has 0 atom stereocenters. The minimum Gasteiger partial charge on any atom is -0.307 e. The number of hydrazine groups is 2. The van der Waals surface area contributed by atoms with Crippen LogP contribution in [0.25, 0.3) is 0 Å². The first-order chi connectivity index (χ1) is 15.3. The number of carbonyl (C=O) groups excluding carboxylic acids is 4. The van der Waals surface area contributed by atoms with E-state index in [1.54, 1.807) is 48.5 Å². The van der Waals surface area contributed by atoms with E-state index in [1.807, 2.05) is 0 Å². The molecule has 0 aliphatic heterocycles. The van der Waals surface area contributed by atoms with Gasteiger partial charge in [-0.25, -0.2) is 20.4 Å². The van der Waals surface area contributed by atoms with Gasteiger partial charge in [-0.2, -0.15) is 0 Å².